The zero-order valence-corrected chi connectivity index (χ0v) is 20.3. The van der Waals surface area contributed by atoms with Crippen molar-refractivity contribution in [2.45, 2.75) is 43.8 Å². The summed E-state index contributed by atoms with van der Waals surface area (Å²) in [6, 6.07) is 9.02. The molecule has 2 aliphatic rings. The third-order valence-electron chi connectivity index (χ3n) is 6.72. The molecule has 0 bridgehead atoms. The van der Waals surface area contributed by atoms with Gasteiger partial charge in [0.2, 0.25) is 0 Å². The molecule has 5 rings (SSSR count). The van der Waals surface area contributed by atoms with Crippen LogP contribution in [0.5, 0.6) is 0 Å². The Morgan fingerprint density at radius 2 is 1.84 bits per heavy atom. The van der Waals surface area contributed by atoms with Crippen molar-refractivity contribution in [1.29, 1.82) is 0 Å². The molecule has 0 aliphatic heterocycles. The van der Waals surface area contributed by atoms with Crippen molar-refractivity contribution in [3.63, 3.8) is 0 Å². The summed E-state index contributed by atoms with van der Waals surface area (Å²) in [6.45, 7) is 6.23. The number of benzene rings is 2. The van der Waals surface area contributed by atoms with Crippen molar-refractivity contribution >= 4 is 17.7 Å². The molecule has 3 N–H and O–H groups in total. The number of hydrogen-bond acceptors (Lipinski definition) is 4. The minimum atomic E-state index is -1.07. The average Bonchev–Trinajstić information content (AvgIpc) is 3.86. The van der Waals surface area contributed by atoms with Gasteiger partial charge in [-0.15, -0.1) is 0 Å². The molecule has 0 radical (unpaired) electrons. The number of hydrogen-bond donors (Lipinski definition) is 3. The summed E-state index contributed by atoms with van der Waals surface area (Å²) < 4.78 is 32.2. The van der Waals surface area contributed by atoms with E-state index in [9.17, 15) is 18.8 Å². The fraction of sp³-hybridized carbons (Fsp3) is 0.296. The van der Waals surface area contributed by atoms with Crippen LogP contribution in [-0.2, 0) is 21.7 Å². The van der Waals surface area contributed by atoms with Crippen LogP contribution in [-0.4, -0.2) is 34.2 Å². The average molecular weight is 519 g/mol. The maximum absolute atomic E-state index is 15.7. The summed E-state index contributed by atoms with van der Waals surface area (Å²) >= 11 is 0. The minimum Gasteiger partial charge on any atom is -0.344 e. The molecule has 0 atom stereocenters. The molecule has 2 fully saturated rings. The number of carbonyl (C=O) groups excluding carboxylic acids is 3. The Morgan fingerprint density at radius 3 is 2.55 bits per heavy atom. The highest BCUT2D eigenvalue weighted by Gasteiger charge is 2.48. The van der Waals surface area contributed by atoms with Crippen LogP contribution in [0.1, 0.15) is 53.2 Å². The summed E-state index contributed by atoms with van der Waals surface area (Å²) in [4.78, 5) is 39.9. The van der Waals surface area contributed by atoms with Gasteiger partial charge in [0.05, 0.1) is 17.8 Å². The van der Waals surface area contributed by atoms with E-state index in [2.05, 4.69) is 25.9 Å². The van der Waals surface area contributed by atoms with E-state index in [-0.39, 0.29) is 29.9 Å². The highest BCUT2D eigenvalue weighted by Crippen LogP contribution is 2.48. The number of carbonyl (C=O) groups is 3. The number of aromatic nitrogens is 2. The quantitative estimate of drug-likeness (QED) is 0.314. The topological polar surface area (TPSA) is 109 Å². The Balaban J connectivity index is 1.34. The molecule has 2 aromatic carbocycles. The SMILES string of the molecule is [C-]#[N+]CNC(=O)C(=O)NCc1ccccc1C(=O)NC1(c2cc(F)cc(-c3cnn(C4CC4)c3)c2F)CC1. The Morgan fingerprint density at radius 1 is 1.11 bits per heavy atom. The number of rotatable bonds is 8. The number of halogens is 2. The lowest BCUT2D eigenvalue weighted by molar-refractivity contribution is -0.139. The van der Waals surface area contributed by atoms with Gasteiger partial charge < -0.3 is 10.6 Å². The van der Waals surface area contributed by atoms with Crippen LogP contribution in [0.2, 0.25) is 0 Å². The van der Waals surface area contributed by atoms with Crippen LogP contribution in [0.25, 0.3) is 16.0 Å². The first-order valence-corrected chi connectivity index (χ1v) is 12.1. The van der Waals surface area contributed by atoms with Crippen molar-refractivity contribution in [2.75, 3.05) is 6.67 Å². The predicted molar refractivity (Wildman–Crippen MR) is 132 cm³/mol. The number of amides is 3. The van der Waals surface area contributed by atoms with E-state index in [4.69, 9.17) is 6.57 Å². The van der Waals surface area contributed by atoms with Crippen LogP contribution >= 0.6 is 0 Å². The van der Waals surface area contributed by atoms with Gasteiger partial charge in [-0.25, -0.2) is 15.4 Å². The first kappa shape index (κ1) is 25.1. The molecule has 1 heterocycles. The third-order valence-corrected chi connectivity index (χ3v) is 6.72. The molecule has 0 saturated heterocycles. The maximum Gasteiger partial charge on any atom is 0.314 e. The lowest BCUT2D eigenvalue weighted by Crippen LogP contribution is -2.40. The van der Waals surface area contributed by atoms with Gasteiger partial charge in [-0.05, 0) is 49.4 Å². The van der Waals surface area contributed by atoms with Crippen molar-refractivity contribution < 1.29 is 23.2 Å². The molecule has 194 valence electrons. The van der Waals surface area contributed by atoms with E-state index < -0.39 is 34.9 Å². The zero-order valence-electron chi connectivity index (χ0n) is 20.3. The molecule has 0 unspecified atom stereocenters. The first-order chi connectivity index (χ1) is 18.3. The Labute approximate surface area is 217 Å². The van der Waals surface area contributed by atoms with Crippen molar-refractivity contribution in [3.8, 4) is 11.1 Å². The van der Waals surface area contributed by atoms with Crippen LogP contribution in [0.3, 0.4) is 0 Å². The summed E-state index contributed by atoms with van der Waals surface area (Å²) in [5.41, 5.74) is 0.220. The summed E-state index contributed by atoms with van der Waals surface area (Å²) in [5, 5.41) is 11.7. The molecule has 38 heavy (non-hydrogen) atoms. The van der Waals surface area contributed by atoms with Crippen LogP contribution in [0.15, 0.2) is 48.8 Å². The van der Waals surface area contributed by atoms with Gasteiger partial charge >= 0.3 is 11.8 Å². The third kappa shape index (κ3) is 5.11. The predicted octanol–water partition coefficient (Wildman–Crippen LogP) is 3.19. The van der Waals surface area contributed by atoms with E-state index in [0.29, 0.717) is 30.0 Å². The van der Waals surface area contributed by atoms with E-state index in [1.54, 1.807) is 35.1 Å². The van der Waals surface area contributed by atoms with Gasteiger partial charge in [-0.3, -0.25) is 29.2 Å². The van der Waals surface area contributed by atoms with E-state index >= 15 is 4.39 Å². The van der Waals surface area contributed by atoms with Gasteiger partial charge in [-0.1, -0.05) is 18.2 Å². The zero-order chi connectivity index (χ0) is 26.9. The van der Waals surface area contributed by atoms with E-state index in [1.165, 1.54) is 6.20 Å². The Bertz CT molecular complexity index is 1470. The highest BCUT2D eigenvalue weighted by molar-refractivity contribution is 6.35. The van der Waals surface area contributed by atoms with Crippen molar-refractivity contribution in [2.24, 2.45) is 0 Å². The first-order valence-electron chi connectivity index (χ1n) is 12.1. The lowest BCUT2D eigenvalue weighted by Gasteiger charge is -2.21. The smallest absolute Gasteiger partial charge is 0.314 e. The second kappa shape index (κ2) is 10.0. The molecule has 3 aromatic rings. The number of nitrogens with one attached hydrogen (secondary N) is 3. The molecule has 2 aliphatic carbocycles. The van der Waals surface area contributed by atoms with Gasteiger partial charge in [-0.2, -0.15) is 5.10 Å². The van der Waals surface area contributed by atoms with Crippen LogP contribution in [0, 0.1) is 18.2 Å². The molecular formula is C27H24F2N6O3. The van der Waals surface area contributed by atoms with E-state index in [1.807, 2.05) is 0 Å². The van der Waals surface area contributed by atoms with Crippen molar-refractivity contribution in [1.82, 2.24) is 25.7 Å². The molecule has 2 saturated carbocycles. The molecule has 0 spiro atoms. The van der Waals surface area contributed by atoms with E-state index in [0.717, 1.165) is 25.0 Å². The molecular weight excluding hydrogens is 494 g/mol. The standard InChI is InChI=1S/C27H24F2N6O3/c1-30-15-32-26(38)25(37)31-12-16-4-2-3-5-20(16)24(36)34-27(8-9-27)22-11-18(28)10-21(23(22)29)17-13-33-35(14-17)19-6-7-19/h2-5,10-11,13-14,19H,6-9,12,15H2,(H,31,37)(H,32,38)(H,34,36). The maximum atomic E-state index is 15.7. The Hall–Kier alpha value is -4.59. The molecule has 3 amide bonds. The Kier molecular flexibility index (Phi) is 6.63. The minimum absolute atomic E-state index is 0.0716. The summed E-state index contributed by atoms with van der Waals surface area (Å²) in [6.07, 6.45) is 6.11. The van der Waals surface area contributed by atoms with Crippen LogP contribution < -0.4 is 16.0 Å². The van der Waals surface area contributed by atoms with Crippen LogP contribution in [0.4, 0.5) is 8.78 Å². The highest BCUT2D eigenvalue weighted by atomic mass is 19.1. The monoisotopic (exact) mass is 518 g/mol. The summed E-state index contributed by atoms with van der Waals surface area (Å²) in [5.74, 6) is -3.64. The summed E-state index contributed by atoms with van der Waals surface area (Å²) in [7, 11) is 0. The molecule has 9 nitrogen and oxygen atoms in total. The number of nitrogens with zero attached hydrogens (tertiary/aromatic N) is 3. The van der Waals surface area contributed by atoms with Gasteiger partial charge in [0.25, 0.3) is 12.6 Å². The molecule has 11 heteroatoms. The second-order valence-electron chi connectivity index (χ2n) is 9.45. The second-order valence-corrected chi connectivity index (χ2v) is 9.45. The normalized spacial score (nSPS) is 15.3. The fourth-order valence-corrected chi connectivity index (χ4v) is 4.38. The molecule has 1 aromatic heterocycles. The van der Waals surface area contributed by atoms with Gasteiger partial charge in [0.15, 0.2) is 0 Å². The van der Waals surface area contributed by atoms with Gasteiger partial charge in [0, 0.05) is 35.0 Å². The van der Waals surface area contributed by atoms with Crippen molar-refractivity contribution in [3.05, 3.63) is 88.5 Å². The lowest BCUT2D eigenvalue weighted by atomic mass is 9.97. The fourth-order valence-electron chi connectivity index (χ4n) is 4.38. The largest absolute Gasteiger partial charge is 0.344 e. The van der Waals surface area contributed by atoms with Gasteiger partial charge in [0.1, 0.15) is 11.6 Å².